The van der Waals surface area contributed by atoms with Crippen LogP contribution >= 0.6 is 92.8 Å². The quantitative estimate of drug-likeness (QED) is 0.0106. The third kappa shape index (κ3) is 26.8. The molecule has 0 aliphatic carbocycles. The van der Waals surface area contributed by atoms with Crippen LogP contribution in [0.25, 0.3) is 43.6 Å². The van der Waals surface area contributed by atoms with Crippen molar-refractivity contribution >= 4 is 247 Å². The molecule has 22 N–H and O–H groups in total. The molecule has 0 spiro atoms. The number of carbonyl (C=O) groups excluding carboxylic acids is 8. The minimum atomic E-state index is -0.578. The average Bonchev–Trinajstić information content (AvgIpc) is 1.66. The van der Waals surface area contributed by atoms with E-state index >= 15 is 0 Å². The van der Waals surface area contributed by atoms with Gasteiger partial charge in [-0.2, -0.15) is 20.4 Å². The van der Waals surface area contributed by atoms with E-state index in [1.807, 2.05) is 38.2 Å². The first kappa shape index (κ1) is 104. The van der Waals surface area contributed by atoms with Crippen LogP contribution in [-0.4, -0.2) is 133 Å². The Morgan fingerprint density at radius 3 is 0.901 bits per heavy atom. The van der Waals surface area contributed by atoms with Crippen molar-refractivity contribution in [3.63, 3.8) is 0 Å². The molecule has 4 atom stereocenters. The molecular formula is C101H91Cl8N23O10. The third-order valence-electron chi connectivity index (χ3n) is 22.3. The number of nitro groups is 1. The second kappa shape index (κ2) is 49.2. The number of aromatic amines is 4. The summed E-state index contributed by atoms with van der Waals surface area (Å²) >= 11 is 48.7. The number of H-pyrrole nitrogens is 4. The Kier molecular flexibility index (Phi) is 36.2. The lowest BCUT2D eigenvalue weighted by atomic mass is 9.94. The van der Waals surface area contributed by atoms with Gasteiger partial charge < -0.3 is 76.1 Å². The number of halogens is 8. The number of fused-ring (bicyclic) bond motifs is 4. The van der Waals surface area contributed by atoms with Gasteiger partial charge in [-0.3, -0.25) is 68.9 Å². The summed E-state index contributed by atoms with van der Waals surface area (Å²) in [4.78, 5) is 114. The number of amides is 8. The third-order valence-corrected chi connectivity index (χ3v) is 25.3. The van der Waals surface area contributed by atoms with E-state index in [-0.39, 0.29) is 65.0 Å². The summed E-state index contributed by atoms with van der Waals surface area (Å²) in [5.74, 6) is -0.800. The summed E-state index contributed by atoms with van der Waals surface area (Å²) in [6, 6.07) is 67.6. The van der Waals surface area contributed by atoms with Crippen molar-refractivity contribution < 1.29 is 43.3 Å². The lowest BCUT2D eigenvalue weighted by Gasteiger charge is -2.17. The van der Waals surface area contributed by atoms with Gasteiger partial charge in [0, 0.05) is 109 Å². The fraction of sp³-hybridized carbons (Fsp3) is 0.149. The van der Waals surface area contributed by atoms with E-state index in [9.17, 15) is 48.5 Å². The van der Waals surface area contributed by atoms with Crippen molar-refractivity contribution in [3.05, 3.63) is 343 Å². The summed E-state index contributed by atoms with van der Waals surface area (Å²) in [7, 11) is 1.81. The number of nitrogens with one attached hydrogen (secondary N) is 14. The molecule has 0 saturated carbocycles. The highest BCUT2D eigenvalue weighted by molar-refractivity contribution is 6.44. The zero-order chi connectivity index (χ0) is 101. The number of terminal acetylenes is 1. The van der Waals surface area contributed by atoms with E-state index in [1.165, 1.54) is 24.3 Å². The fourth-order valence-electron chi connectivity index (χ4n) is 15.0. The van der Waals surface area contributed by atoms with Crippen LogP contribution in [0.4, 0.5) is 63.1 Å². The predicted octanol–water partition coefficient (Wildman–Crippen LogP) is 21.1. The van der Waals surface area contributed by atoms with Gasteiger partial charge in [-0.15, -0.1) is 6.42 Å². The monoisotopic (exact) mass is 2070 g/mol. The van der Waals surface area contributed by atoms with Crippen molar-refractivity contribution in [2.75, 3.05) is 92.9 Å². The molecule has 0 saturated heterocycles. The van der Waals surface area contributed by atoms with Crippen LogP contribution in [0.3, 0.4) is 0 Å². The number of hydrogen-bond acceptors (Lipinski definition) is 20. The number of carbonyl (C=O) groups is 8. The van der Waals surface area contributed by atoms with Crippen LogP contribution in [-0.2, 0) is 19.2 Å². The first-order valence-corrected chi connectivity index (χ1v) is 46.9. The van der Waals surface area contributed by atoms with Gasteiger partial charge in [0.15, 0.2) is 23.3 Å². The van der Waals surface area contributed by atoms with Crippen LogP contribution in [0.1, 0.15) is 126 Å². The molecule has 4 heterocycles. The van der Waals surface area contributed by atoms with Gasteiger partial charge in [-0.1, -0.05) is 135 Å². The number of aromatic nitrogens is 8. The van der Waals surface area contributed by atoms with Crippen molar-refractivity contribution in [1.29, 1.82) is 0 Å². The first-order chi connectivity index (χ1) is 68.4. The molecule has 0 aliphatic rings. The van der Waals surface area contributed by atoms with E-state index < -0.39 is 34.5 Å². The Morgan fingerprint density at radius 1 is 0.345 bits per heavy atom. The highest BCUT2D eigenvalue weighted by Gasteiger charge is 2.29. The standard InChI is InChI=1S/C26H26Cl2N6O2.C26H21Cl2N5O2.C25H24Cl2N6O2.C24H20Cl2N6O4/c1-2-30-17-6-3-15(4-7-17)25(35)32-24-20-14-18(8-10-23(20)33-34-24)31-26(36)19(11-12-29)16-5-9-21(27)22(28)13-16;1-2-15-4-3-5-17(12-15)25(34)31-24-20-14-18(7-9-23(20)32-33-24)30-26(35)19(10-11-29)16-6-8-21(27)22(28)13-16;1-29-16-5-2-14(3-6-16)24(34)31-23-19-13-17(7-9-22(19)32-33-23)30-25(35)18(10-11-28)15-4-8-20(26)21(27)12-15;25-19-6-4-13(11-20(19)26)17(8-9-27)24(34)28-15-5-7-21-18(12-15)22(31-30-21)29-23(33)14-2-1-3-16(10-14)32(35)36/h3-10,13-14,19,30H,2,11-12,29H2,1H3,(H,31,36)(H2,32,33,34,35);1,3-9,12-14,19H,10-11,29H2,(H,30,35)(H2,31,32,33,34);2-9,12-13,18,29H,10-11,28H2,1H3,(H,30,35)(H2,31,32,33,34);1-7,10-12,17H,8-9,27H2,(H,28,34)(H2,29,30,31,33). The van der Waals surface area contributed by atoms with E-state index in [2.05, 4.69) is 99.9 Å². The fourth-order valence-corrected chi connectivity index (χ4v) is 16.2. The number of benzene rings is 12. The molecule has 16 aromatic rings. The average molecular weight is 2070 g/mol. The Hall–Kier alpha value is -15.0. The van der Waals surface area contributed by atoms with Crippen molar-refractivity contribution in [2.24, 2.45) is 22.9 Å². The largest absolute Gasteiger partial charge is 0.388 e. The number of non-ortho nitro benzene ring substituents is 1. The molecule has 12 aromatic carbocycles. The van der Waals surface area contributed by atoms with Gasteiger partial charge in [-0.25, -0.2) is 0 Å². The molecule has 16 rings (SSSR count). The van der Waals surface area contributed by atoms with Crippen molar-refractivity contribution in [1.82, 2.24) is 40.8 Å². The molecule has 41 heteroatoms. The van der Waals surface area contributed by atoms with Gasteiger partial charge in [-0.05, 0) is 275 Å². The zero-order valence-corrected chi connectivity index (χ0v) is 81.5. The topological polar surface area (TPSA) is 519 Å². The predicted molar refractivity (Wildman–Crippen MR) is 566 cm³/mol. The Labute approximate surface area is 852 Å². The summed E-state index contributed by atoms with van der Waals surface area (Å²) in [6.07, 6.45) is 7.11. The number of nitrogens with two attached hydrogens (primary N) is 4. The highest BCUT2D eigenvalue weighted by atomic mass is 35.5. The molecule has 0 bridgehead atoms. The maximum atomic E-state index is 13.2. The Bertz CT molecular complexity index is 7420. The number of rotatable bonds is 32. The van der Waals surface area contributed by atoms with Gasteiger partial charge in [0.1, 0.15) is 0 Å². The normalized spacial score (nSPS) is 11.7. The van der Waals surface area contributed by atoms with Crippen LogP contribution < -0.4 is 76.1 Å². The first-order valence-electron chi connectivity index (χ1n) is 43.9. The summed E-state index contributed by atoms with van der Waals surface area (Å²) < 4.78 is 0. The maximum absolute atomic E-state index is 13.2. The van der Waals surface area contributed by atoms with Gasteiger partial charge in [0.2, 0.25) is 23.6 Å². The SMILES string of the molecule is C#Cc1cccc(C(=O)Nc2n[nH]c3ccc(NC(=O)C(CCN)c4ccc(Cl)c(Cl)c4)cc23)c1.CCNc1ccc(C(=O)Nc2n[nH]c3ccc(NC(=O)C(CCN)c4ccc(Cl)c(Cl)c4)cc23)cc1.CNc1ccc(C(=O)Nc2n[nH]c3ccc(NC(=O)C(CCN)c4ccc(Cl)c(Cl)c4)cc23)cc1.NCCC(C(=O)Nc1ccc2[nH]nc(NC(=O)c3cccc([N+](=O)[O-])c3)c2c1)c1ccc(Cl)c(Cl)c1. The highest BCUT2D eigenvalue weighted by Crippen LogP contribution is 2.38. The number of anilines is 10. The second-order valence-corrected chi connectivity index (χ2v) is 35.0. The van der Waals surface area contributed by atoms with E-state index in [0.29, 0.717) is 203 Å². The maximum Gasteiger partial charge on any atom is 0.270 e. The second-order valence-electron chi connectivity index (χ2n) is 31.8. The molecule has 33 nitrogen and oxygen atoms in total. The molecule has 0 aliphatic heterocycles. The lowest BCUT2D eigenvalue weighted by Crippen LogP contribution is -2.23. The Morgan fingerprint density at radius 2 is 0.627 bits per heavy atom. The minimum Gasteiger partial charge on any atom is -0.388 e. The molecule has 0 radical (unpaired) electrons. The van der Waals surface area contributed by atoms with Crippen LogP contribution in [0.2, 0.25) is 40.2 Å². The number of nitro benzene ring substituents is 1. The molecule has 0 fully saturated rings. The number of hydrogen-bond donors (Lipinski definition) is 18. The smallest absolute Gasteiger partial charge is 0.270 e. The van der Waals surface area contributed by atoms with E-state index in [1.54, 1.807) is 194 Å². The van der Waals surface area contributed by atoms with Crippen LogP contribution in [0.5, 0.6) is 0 Å². The van der Waals surface area contributed by atoms with Gasteiger partial charge in [0.05, 0.1) is 90.8 Å². The Balaban J connectivity index is 0.000000159. The molecule has 8 amide bonds. The lowest BCUT2D eigenvalue weighted by molar-refractivity contribution is -0.384. The number of nitrogens with zero attached hydrogens (tertiary/aromatic N) is 5. The summed E-state index contributed by atoms with van der Waals surface area (Å²) in [5.41, 5.74) is 34.5. The zero-order valence-electron chi connectivity index (χ0n) is 75.5. The molecular weight excluding hydrogens is 1980 g/mol. The van der Waals surface area contributed by atoms with E-state index in [0.717, 1.165) is 29.0 Å². The van der Waals surface area contributed by atoms with E-state index in [4.69, 9.17) is 122 Å². The molecule has 4 aromatic heterocycles. The van der Waals surface area contributed by atoms with Crippen LogP contribution in [0, 0.1) is 22.5 Å². The van der Waals surface area contributed by atoms with Crippen molar-refractivity contribution in [3.8, 4) is 12.3 Å². The van der Waals surface area contributed by atoms with Gasteiger partial charge in [0.25, 0.3) is 29.3 Å². The molecule has 726 valence electrons. The van der Waals surface area contributed by atoms with Crippen LogP contribution in [0.15, 0.2) is 243 Å². The minimum absolute atomic E-state index is 0.107. The molecule has 142 heavy (non-hydrogen) atoms. The summed E-state index contributed by atoms with van der Waals surface area (Å²) in [5, 5.41) is 73.8. The molecule has 4 unspecified atom stereocenters. The van der Waals surface area contributed by atoms with Gasteiger partial charge >= 0.3 is 0 Å². The van der Waals surface area contributed by atoms with Crippen molar-refractivity contribution in [2.45, 2.75) is 56.3 Å². The summed E-state index contributed by atoms with van der Waals surface area (Å²) in [6.45, 7) is 4.05.